The summed E-state index contributed by atoms with van der Waals surface area (Å²) in [6, 6.07) is 73.0. The molecule has 0 spiro atoms. The molecule has 0 unspecified atom stereocenters. The quantitative estimate of drug-likeness (QED) is 0.172. The van der Waals surface area contributed by atoms with Crippen LogP contribution in [0.1, 0.15) is 41.7 Å². The maximum atomic E-state index is 2.32. The van der Waals surface area contributed by atoms with Gasteiger partial charge in [0, 0.05) is 22.5 Å². The van der Waals surface area contributed by atoms with Gasteiger partial charge in [-0.15, -0.1) is 0 Å². The molecule has 0 heterocycles. The van der Waals surface area contributed by atoms with Gasteiger partial charge in [0.25, 0.3) is 0 Å². The lowest BCUT2D eigenvalue weighted by molar-refractivity contribution is 0.660. The van der Waals surface area contributed by atoms with Crippen LogP contribution in [0.3, 0.4) is 0 Å². The molecule has 9 rings (SSSR count). The third-order valence-corrected chi connectivity index (χ3v) is 10.4. The van der Waals surface area contributed by atoms with Gasteiger partial charge in [0.05, 0.1) is 0 Å². The van der Waals surface area contributed by atoms with Crippen molar-refractivity contribution in [3.05, 3.63) is 234 Å². The fourth-order valence-electron chi connectivity index (χ4n) is 7.60. The minimum Gasteiger partial charge on any atom is -0.310 e. The zero-order valence-electron chi connectivity index (χ0n) is 32.6. The molecule has 0 radical (unpaired) electrons. The molecule has 0 saturated heterocycles. The molecule has 0 aliphatic heterocycles. The second kappa shape index (κ2) is 16.7. The van der Waals surface area contributed by atoms with Crippen LogP contribution in [0.15, 0.2) is 206 Å². The molecule has 8 aromatic rings. The highest BCUT2D eigenvalue weighted by Gasteiger charge is 2.35. The van der Waals surface area contributed by atoms with Gasteiger partial charge in [-0.25, -0.2) is 0 Å². The monoisotopic (exact) mass is 711 g/mol. The predicted octanol–water partition coefficient (Wildman–Crippen LogP) is 15.1. The van der Waals surface area contributed by atoms with Gasteiger partial charge in [-0.1, -0.05) is 189 Å². The van der Waals surface area contributed by atoms with Gasteiger partial charge >= 0.3 is 0 Å². The number of hydrogen-bond donors (Lipinski definition) is 0. The highest BCUT2D eigenvalue weighted by molar-refractivity contribution is 5.83. The van der Waals surface area contributed by atoms with Crippen LogP contribution >= 0.6 is 0 Å². The first-order valence-corrected chi connectivity index (χ1v) is 19.2. The smallest absolute Gasteiger partial charge is 0.0467 e. The fourth-order valence-corrected chi connectivity index (χ4v) is 7.60. The summed E-state index contributed by atoms with van der Waals surface area (Å²) in [5.41, 5.74) is 18.2. The molecule has 0 atom stereocenters. The van der Waals surface area contributed by atoms with E-state index in [1.165, 1.54) is 61.2 Å². The Labute approximate surface area is 328 Å². The molecule has 270 valence electrons. The largest absolute Gasteiger partial charge is 0.310 e. The first-order chi connectivity index (χ1) is 26.8. The third-order valence-electron chi connectivity index (χ3n) is 10.4. The number of nitrogens with zero attached hydrogens (tertiary/aromatic N) is 1. The van der Waals surface area contributed by atoms with Crippen molar-refractivity contribution >= 4 is 17.1 Å². The Morgan fingerprint density at radius 3 is 1.36 bits per heavy atom. The Morgan fingerprint density at radius 2 is 0.782 bits per heavy atom. The van der Waals surface area contributed by atoms with Crippen molar-refractivity contribution in [2.45, 2.75) is 40.0 Å². The van der Waals surface area contributed by atoms with Gasteiger partial charge in [0.2, 0.25) is 0 Å². The SMILES string of the molecule is Cc1cccc(-c2cccc(-c3cccc(N(c4ccccc4)c4ccccc4)c3)c2)c1.Cc1cccc2c1-c1ccccc1C2(C)C.Cc1ccccc1. The lowest BCUT2D eigenvalue weighted by atomic mass is 9.82. The van der Waals surface area contributed by atoms with E-state index >= 15 is 0 Å². The molecular formula is C54H49N. The van der Waals surface area contributed by atoms with Crippen LogP contribution in [-0.2, 0) is 5.41 Å². The van der Waals surface area contributed by atoms with Crippen molar-refractivity contribution in [1.29, 1.82) is 0 Å². The summed E-state index contributed by atoms with van der Waals surface area (Å²) >= 11 is 0. The number of fused-ring (bicyclic) bond motifs is 3. The van der Waals surface area contributed by atoms with E-state index in [0.717, 1.165) is 17.1 Å². The number of hydrogen-bond acceptors (Lipinski definition) is 1. The van der Waals surface area contributed by atoms with Gasteiger partial charge < -0.3 is 4.90 Å². The molecule has 0 saturated carbocycles. The van der Waals surface area contributed by atoms with Crippen LogP contribution in [0, 0.1) is 20.8 Å². The van der Waals surface area contributed by atoms with E-state index in [9.17, 15) is 0 Å². The first kappa shape index (κ1) is 36.9. The fraction of sp³-hybridized carbons (Fsp3) is 0.111. The maximum Gasteiger partial charge on any atom is 0.0467 e. The lowest BCUT2D eigenvalue weighted by Crippen LogP contribution is -2.14. The van der Waals surface area contributed by atoms with Gasteiger partial charge in [0.15, 0.2) is 0 Å². The number of benzene rings is 8. The van der Waals surface area contributed by atoms with Crippen molar-refractivity contribution in [1.82, 2.24) is 0 Å². The summed E-state index contributed by atoms with van der Waals surface area (Å²) in [5, 5.41) is 0. The second-order valence-corrected chi connectivity index (χ2v) is 14.8. The molecule has 1 heteroatoms. The molecule has 1 aliphatic rings. The minimum atomic E-state index is 0.151. The Bertz CT molecular complexity index is 2440. The topological polar surface area (TPSA) is 3.24 Å². The van der Waals surface area contributed by atoms with E-state index < -0.39 is 0 Å². The molecule has 1 aliphatic carbocycles. The zero-order valence-corrected chi connectivity index (χ0v) is 32.6. The van der Waals surface area contributed by atoms with Crippen molar-refractivity contribution in [2.75, 3.05) is 4.90 Å². The van der Waals surface area contributed by atoms with E-state index in [1.807, 2.05) is 18.2 Å². The van der Waals surface area contributed by atoms with Crippen LogP contribution in [0.25, 0.3) is 33.4 Å². The summed E-state index contributed by atoms with van der Waals surface area (Å²) in [7, 11) is 0. The molecule has 8 aromatic carbocycles. The van der Waals surface area contributed by atoms with E-state index in [-0.39, 0.29) is 5.41 Å². The molecule has 0 N–H and O–H groups in total. The van der Waals surface area contributed by atoms with Crippen LogP contribution in [0.4, 0.5) is 17.1 Å². The summed E-state index contributed by atoms with van der Waals surface area (Å²) in [5.74, 6) is 0. The van der Waals surface area contributed by atoms with Crippen molar-refractivity contribution in [2.24, 2.45) is 0 Å². The summed E-state index contributed by atoms with van der Waals surface area (Å²) in [6.07, 6.45) is 0. The average Bonchev–Trinajstić information content (AvgIpc) is 3.46. The van der Waals surface area contributed by atoms with E-state index in [2.05, 4.69) is 228 Å². The molecule has 0 bridgehead atoms. The Kier molecular flexibility index (Phi) is 11.2. The van der Waals surface area contributed by atoms with Gasteiger partial charge in [-0.2, -0.15) is 0 Å². The van der Waals surface area contributed by atoms with Crippen molar-refractivity contribution in [3.63, 3.8) is 0 Å². The summed E-state index contributed by atoms with van der Waals surface area (Å²) in [6.45, 7) is 11.1. The Hall–Kier alpha value is -6.44. The molecule has 0 aromatic heterocycles. The van der Waals surface area contributed by atoms with E-state index in [1.54, 1.807) is 0 Å². The molecular weight excluding hydrogens is 663 g/mol. The number of para-hydroxylation sites is 2. The number of anilines is 3. The number of aryl methyl sites for hydroxylation is 3. The van der Waals surface area contributed by atoms with Crippen LogP contribution in [0.5, 0.6) is 0 Å². The Balaban J connectivity index is 0.000000166. The first-order valence-electron chi connectivity index (χ1n) is 19.2. The van der Waals surface area contributed by atoms with Crippen LogP contribution < -0.4 is 4.90 Å². The van der Waals surface area contributed by atoms with Crippen molar-refractivity contribution in [3.8, 4) is 33.4 Å². The van der Waals surface area contributed by atoms with Crippen molar-refractivity contribution < 1.29 is 0 Å². The van der Waals surface area contributed by atoms with Crippen LogP contribution in [0.2, 0.25) is 0 Å². The standard InChI is InChI=1S/C31H25N.C16H16.C7H8/c1-24-11-8-12-25(21-24)26-13-9-14-27(22-26)28-15-10-20-31(23-28)32(29-16-4-2-5-17-29)30-18-6-3-7-19-30;1-11-7-6-10-14-15(11)12-8-4-5-9-13(12)16(14,2)3;1-7-5-3-2-4-6-7/h2-23H,1H3;4-10H,1-3H3;2-6H,1H3. The molecule has 1 nitrogen and oxygen atoms in total. The lowest BCUT2D eigenvalue weighted by Gasteiger charge is -2.26. The molecule has 0 amide bonds. The zero-order chi connectivity index (χ0) is 38.2. The highest BCUT2D eigenvalue weighted by atomic mass is 15.1. The highest BCUT2D eigenvalue weighted by Crippen LogP contribution is 2.49. The number of rotatable bonds is 5. The van der Waals surface area contributed by atoms with Gasteiger partial charge in [0.1, 0.15) is 0 Å². The predicted molar refractivity (Wildman–Crippen MR) is 237 cm³/mol. The summed E-state index contributed by atoms with van der Waals surface area (Å²) in [4.78, 5) is 2.30. The van der Waals surface area contributed by atoms with Gasteiger partial charge in [-0.3, -0.25) is 0 Å². The third kappa shape index (κ3) is 8.38. The van der Waals surface area contributed by atoms with Crippen LogP contribution in [-0.4, -0.2) is 0 Å². The average molecular weight is 712 g/mol. The molecule has 55 heavy (non-hydrogen) atoms. The Morgan fingerprint density at radius 1 is 0.345 bits per heavy atom. The van der Waals surface area contributed by atoms with E-state index in [0.29, 0.717) is 0 Å². The summed E-state index contributed by atoms with van der Waals surface area (Å²) < 4.78 is 0. The minimum absolute atomic E-state index is 0.151. The normalized spacial score (nSPS) is 11.9. The molecule has 0 fully saturated rings. The van der Waals surface area contributed by atoms with E-state index in [4.69, 9.17) is 0 Å². The maximum absolute atomic E-state index is 2.32. The second-order valence-electron chi connectivity index (χ2n) is 14.8. The van der Waals surface area contributed by atoms with Gasteiger partial charge in [-0.05, 0) is 113 Å².